The highest BCUT2D eigenvalue weighted by atomic mass is 32.1. The van der Waals surface area contributed by atoms with Crippen molar-refractivity contribution in [2.45, 2.75) is 39.5 Å². The van der Waals surface area contributed by atoms with Gasteiger partial charge in [0.1, 0.15) is 6.61 Å². The van der Waals surface area contributed by atoms with Gasteiger partial charge in [-0.1, -0.05) is 91.8 Å². The summed E-state index contributed by atoms with van der Waals surface area (Å²) in [6.45, 7) is 4.88. The Morgan fingerprint density at radius 3 is 2.15 bits per heavy atom. The van der Waals surface area contributed by atoms with Gasteiger partial charge >= 0.3 is 0 Å². The second-order valence-corrected chi connectivity index (χ2v) is 7.78. The molecule has 2 heteroatoms. The van der Waals surface area contributed by atoms with Crippen LogP contribution in [0.4, 0.5) is 0 Å². The largest absolute Gasteiger partial charge is 0.480 e. The lowest BCUT2D eigenvalue weighted by molar-refractivity contribution is 0.373. The Balaban J connectivity index is 1.64. The van der Waals surface area contributed by atoms with Crippen LogP contribution < -0.4 is 4.74 Å². The van der Waals surface area contributed by atoms with E-state index in [1.807, 2.05) is 19.1 Å². The first-order chi connectivity index (χ1) is 13.3. The van der Waals surface area contributed by atoms with Crippen LogP contribution in [-0.4, -0.2) is 6.61 Å². The number of benzene rings is 2. The van der Waals surface area contributed by atoms with E-state index in [0.29, 0.717) is 6.61 Å². The number of aryl methyl sites for hydroxylation is 1. The van der Waals surface area contributed by atoms with Crippen molar-refractivity contribution < 1.29 is 4.74 Å². The van der Waals surface area contributed by atoms with E-state index in [2.05, 4.69) is 67.6 Å². The van der Waals surface area contributed by atoms with Gasteiger partial charge in [0, 0.05) is 4.88 Å². The number of hydrogen-bond acceptors (Lipinski definition) is 2. The van der Waals surface area contributed by atoms with Crippen LogP contribution in [0.15, 0.2) is 72.8 Å². The van der Waals surface area contributed by atoms with E-state index in [9.17, 15) is 0 Å². The van der Waals surface area contributed by atoms with E-state index in [-0.39, 0.29) is 0 Å². The van der Waals surface area contributed by atoms with Gasteiger partial charge in [0.15, 0.2) is 5.06 Å². The van der Waals surface area contributed by atoms with Gasteiger partial charge in [0.25, 0.3) is 0 Å². The summed E-state index contributed by atoms with van der Waals surface area (Å²) >= 11 is 1.69. The van der Waals surface area contributed by atoms with Gasteiger partial charge in [0.05, 0.1) is 0 Å². The minimum atomic E-state index is 0.629. The van der Waals surface area contributed by atoms with Crippen molar-refractivity contribution >= 4 is 11.3 Å². The molecule has 0 unspecified atom stereocenters. The third-order valence-electron chi connectivity index (χ3n) is 4.66. The molecule has 0 aliphatic rings. The Labute approximate surface area is 167 Å². The Kier molecular flexibility index (Phi) is 7.29. The summed E-state index contributed by atoms with van der Waals surface area (Å²) in [6, 6.07) is 22.0. The average Bonchev–Trinajstić information content (AvgIpc) is 3.18. The summed E-state index contributed by atoms with van der Waals surface area (Å²) in [6.07, 6.45) is 9.08. The van der Waals surface area contributed by atoms with Crippen molar-refractivity contribution in [1.82, 2.24) is 0 Å². The van der Waals surface area contributed by atoms with Crippen LogP contribution in [0.2, 0.25) is 0 Å². The molecule has 0 aliphatic carbocycles. The number of rotatable bonds is 9. The maximum Gasteiger partial charge on any atom is 0.174 e. The zero-order chi connectivity index (χ0) is 18.9. The summed E-state index contributed by atoms with van der Waals surface area (Å²) in [4.78, 5) is 1.24. The molecule has 0 fully saturated rings. The molecule has 0 spiro atoms. The predicted molar refractivity (Wildman–Crippen MR) is 119 cm³/mol. The summed E-state index contributed by atoms with van der Waals surface area (Å²) in [5, 5.41) is 0.964. The highest BCUT2D eigenvalue weighted by Gasteiger charge is 2.05. The maximum atomic E-state index is 5.72. The van der Waals surface area contributed by atoms with E-state index >= 15 is 0 Å². The zero-order valence-corrected chi connectivity index (χ0v) is 17.1. The van der Waals surface area contributed by atoms with Crippen molar-refractivity contribution in [3.8, 4) is 26.6 Å². The molecule has 0 bridgehead atoms. The Hall–Kier alpha value is -2.32. The lowest BCUT2D eigenvalue weighted by atomic mass is 10.0. The Bertz CT molecular complexity index is 841. The molecule has 0 atom stereocenters. The molecule has 1 nitrogen and oxygen atoms in total. The SMILES string of the molecule is C/C=C/COc1ccc(-c2ccc(-c3ccc(CCCCC)cc3)cc2)s1. The second kappa shape index (κ2) is 10.1. The molecule has 1 aromatic heterocycles. The topological polar surface area (TPSA) is 9.23 Å². The van der Waals surface area contributed by atoms with Crippen molar-refractivity contribution in [3.05, 3.63) is 78.4 Å². The first kappa shape index (κ1) is 19.4. The molecule has 140 valence electrons. The molecule has 0 radical (unpaired) electrons. The van der Waals surface area contributed by atoms with Gasteiger partial charge in [-0.25, -0.2) is 0 Å². The van der Waals surface area contributed by atoms with E-state index in [1.165, 1.54) is 52.8 Å². The smallest absolute Gasteiger partial charge is 0.174 e. The van der Waals surface area contributed by atoms with E-state index in [1.54, 1.807) is 11.3 Å². The quantitative estimate of drug-likeness (QED) is 0.274. The molecule has 1 heterocycles. The van der Waals surface area contributed by atoms with E-state index < -0.39 is 0 Å². The summed E-state index contributed by atoms with van der Waals surface area (Å²) < 4.78 is 5.72. The van der Waals surface area contributed by atoms with Gasteiger partial charge < -0.3 is 4.74 Å². The van der Waals surface area contributed by atoms with Crippen LogP contribution >= 0.6 is 11.3 Å². The van der Waals surface area contributed by atoms with Crippen molar-refractivity contribution in [2.24, 2.45) is 0 Å². The summed E-state index contributed by atoms with van der Waals surface area (Å²) in [5.41, 5.74) is 5.22. The molecule has 0 aliphatic heterocycles. The number of ether oxygens (including phenoxy) is 1. The summed E-state index contributed by atoms with van der Waals surface area (Å²) in [5.74, 6) is 0. The van der Waals surface area contributed by atoms with Gasteiger partial charge in [-0.15, -0.1) is 0 Å². The molecule has 27 heavy (non-hydrogen) atoms. The van der Waals surface area contributed by atoms with Gasteiger partial charge in [0.2, 0.25) is 0 Å². The van der Waals surface area contributed by atoms with E-state index in [0.717, 1.165) is 5.06 Å². The third-order valence-corrected chi connectivity index (χ3v) is 5.71. The van der Waals surface area contributed by atoms with Crippen molar-refractivity contribution in [3.63, 3.8) is 0 Å². The Morgan fingerprint density at radius 1 is 0.815 bits per heavy atom. The van der Waals surface area contributed by atoms with Gasteiger partial charge in [-0.2, -0.15) is 0 Å². The van der Waals surface area contributed by atoms with Gasteiger partial charge in [-0.05, 0) is 54.2 Å². The molecule has 3 rings (SSSR count). The molecular weight excluding hydrogens is 348 g/mol. The molecule has 0 saturated carbocycles. The molecule has 0 amide bonds. The zero-order valence-electron chi connectivity index (χ0n) is 16.3. The van der Waals surface area contributed by atoms with Crippen LogP contribution in [0, 0.1) is 0 Å². The lowest BCUT2D eigenvalue weighted by Crippen LogP contribution is -1.89. The normalized spacial score (nSPS) is 11.2. The third kappa shape index (κ3) is 5.58. The Morgan fingerprint density at radius 2 is 1.48 bits per heavy atom. The van der Waals surface area contributed by atoms with Gasteiger partial charge in [-0.3, -0.25) is 0 Å². The first-order valence-electron chi connectivity index (χ1n) is 9.83. The van der Waals surface area contributed by atoms with Crippen LogP contribution in [0.1, 0.15) is 38.7 Å². The fraction of sp³-hybridized carbons (Fsp3) is 0.280. The predicted octanol–water partition coefficient (Wildman–Crippen LogP) is 7.77. The van der Waals surface area contributed by atoms with Crippen LogP contribution in [-0.2, 0) is 6.42 Å². The number of hydrogen-bond donors (Lipinski definition) is 0. The van der Waals surface area contributed by atoms with Crippen molar-refractivity contribution in [2.75, 3.05) is 6.61 Å². The second-order valence-electron chi connectivity index (χ2n) is 6.73. The molecular formula is C25H28OS. The average molecular weight is 377 g/mol. The maximum absolute atomic E-state index is 5.72. The van der Waals surface area contributed by atoms with Crippen molar-refractivity contribution in [1.29, 1.82) is 0 Å². The highest BCUT2D eigenvalue weighted by Crippen LogP contribution is 2.34. The number of allylic oxidation sites excluding steroid dienone is 1. The fourth-order valence-corrected chi connectivity index (χ4v) is 3.92. The van der Waals surface area contributed by atoms with E-state index in [4.69, 9.17) is 4.74 Å². The minimum Gasteiger partial charge on any atom is -0.480 e. The van der Waals surface area contributed by atoms with Crippen LogP contribution in [0.25, 0.3) is 21.6 Å². The molecule has 0 saturated heterocycles. The summed E-state index contributed by atoms with van der Waals surface area (Å²) in [7, 11) is 0. The minimum absolute atomic E-state index is 0.629. The number of thiophene rings is 1. The molecule has 0 N–H and O–H groups in total. The molecule has 2 aromatic carbocycles. The number of unbranched alkanes of at least 4 members (excludes halogenated alkanes) is 2. The molecule has 3 aromatic rings. The highest BCUT2D eigenvalue weighted by molar-refractivity contribution is 7.17. The monoisotopic (exact) mass is 376 g/mol. The lowest BCUT2D eigenvalue weighted by Gasteiger charge is -2.06. The first-order valence-corrected chi connectivity index (χ1v) is 10.7. The standard InChI is InChI=1S/C25H28OS/c1-3-5-7-8-20-9-11-21(12-10-20)22-13-15-23(16-14-22)24-17-18-25(27-24)26-19-6-4-2/h4,6,9-18H,3,5,7-8,19H2,1-2H3/b6-4+. The fourth-order valence-electron chi connectivity index (χ4n) is 3.05. The van der Waals surface area contributed by atoms with Crippen LogP contribution in [0.5, 0.6) is 5.06 Å². The van der Waals surface area contributed by atoms with Crippen LogP contribution in [0.3, 0.4) is 0 Å².